The normalized spacial score (nSPS) is 17.2. The van der Waals surface area contributed by atoms with Gasteiger partial charge < -0.3 is 10.6 Å². The van der Waals surface area contributed by atoms with E-state index in [2.05, 4.69) is 11.1 Å². The van der Waals surface area contributed by atoms with Crippen molar-refractivity contribution in [2.45, 2.75) is 38.1 Å². The first kappa shape index (κ1) is 17.9. The number of pyridine rings is 1. The van der Waals surface area contributed by atoms with Crippen molar-refractivity contribution in [3.8, 4) is 6.07 Å². The van der Waals surface area contributed by atoms with Gasteiger partial charge in [0.25, 0.3) is 5.91 Å². The number of hydrogen-bond donors (Lipinski definition) is 1. The van der Waals surface area contributed by atoms with Crippen LogP contribution in [0.2, 0.25) is 0 Å². The number of amides is 1. The lowest BCUT2D eigenvalue weighted by Gasteiger charge is -2.26. The summed E-state index contributed by atoms with van der Waals surface area (Å²) in [6.07, 6.45) is 3.11. The summed E-state index contributed by atoms with van der Waals surface area (Å²) in [6.45, 7) is 3.94. The number of rotatable bonds is 3. The molecule has 2 aromatic rings. The van der Waals surface area contributed by atoms with E-state index >= 15 is 0 Å². The van der Waals surface area contributed by atoms with E-state index in [9.17, 15) is 14.4 Å². The number of likely N-dealkylation sites (tertiary alicyclic amines) is 1. The van der Waals surface area contributed by atoms with E-state index in [0.29, 0.717) is 17.8 Å². The molecule has 1 aliphatic heterocycles. The molecule has 0 bridgehead atoms. The van der Waals surface area contributed by atoms with E-state index in [1.165, 1.54) is 12.3 Å². The molecule has 0 spiro atoms. The lowest BCUT2D eigenvalue weighted by atomic mass is 9.85. The second-order valence-electron chi connectivity index (χ2n) is 7.07. The quantitative estimate of drug-likeness (QED) is 0.915. The van der Waals surface area contributed by atoms with Gasteiger partial charge >= 0.3 is 0 Å². The number of hydrogen-bond acceptors (Lipinski definition) is 4. The van der Waals surface area contributed by atoms with Crippen LogP contribution in [-0.4, -0.2) is 22.3 Å². The number of carbonyl (C=O) groups is 1. The Bertz CT molecular complexity index is 888. The Labute approximate surface area is 152 Å². The molecule has 1 aromatic heterocycles. The van der Waals surface area contributed by atoms with Gasteiger partial charge in [-0.2, -0.15) is 5.26 Å². The average molecular weight is 352 g/mol. The Morgan fingerprint density at radius 2 is 2.19 bits per heavy atom. The predicted molar refractivity (Wildman–Crippen MR) is 96.7 cm³/mol. The molecule has 5 nitrogen and oxygen atoms in total. The predicted octanol–water partition coefficient (Wildman–Crippen LogP) is 3.58. The fourth-order valence-electron chi connectivity index (χ4n) is 3.39. The van der Waals surface area contributed by atoms with Crippen LogP contribution in [0.1, 0.15) is 54.3 Å². The molecule has 2 N–H and O–H groups in total. The third-order valence-corrected chi connectivity index (χ3v) is 4.89. The zero-order chi connectivity index (χ0) is 18.9. The molecule has 3 rings (SSSR count). The summed E-state index contributed by atoms with van der Waals surface area (Å²) in [5.41, 5.74) is 6.61. The first-order valence-electron chi connectivity index (χ1n) is 8.58. The molecule has 26 heavy (non-hydrogen) atoms. The van der Waals surface area contributed by atoms with E-state index < -0.39 is 11.2 Å². The van der Waals surface area contributed by atoms with Crippen LogP contribution < -0.4 is 5.73 Å². The van der Waals surface area contributed by atoms with Crippen LogP contribution >= 0.6 is 0 Å². The van der Waals surface area contributed by atoms with E-state index in [1.54, 1.807) is 43.0 Å². The molecule has 2 heterocycles. The SMILES string of the molecule is CC(C)(C#N)c1ccc([C@H]2CCCN2C(=O)c2ncccc2N)cc1F. The van der Waals surface area contributed by atoms with Gasteiger partial charge in [0.2, 0.25) is 0 Å². The van der Waals surface area contributed by atoms with E-state index in [4.69, 9.17) is 5.73 Å². The minimum atomic E-state index is -0.907. The van der Waals surface area contributed by atoms with Crippen molar-refractivity contribution >= 4 is 11.6 Å². The van der Waals surface area contributed by atoms with Gasteiger partial charge in [0.1, 0.15) is 5.82 Å². The highest BCUT2D eigenvalue weighted by Crippen LogP contribution is 2.35. The Hall–Kier alpha value is -2.94. The summed E-state index contributed by atoms with van der Waals surface area (Å²) in [6, 6.07) is 10.1. The molecule has 6 heteroatoms. The van der Waals surface area contributed by atoms with Crippen molar-refractivity contribution < 1.29 is 9.18 Å². The molecule has 134 valence electrons. The summed E-state index contributed by atoms with van der Waals surface area (Å²) in [5, 5.41) is 9.23. The van der Waals surface area contributed by atoms with Crippen LogP contribution in [-0.2, 0) is 5.41 Å². The number of aromatic nitrogens is 1. The standard InChI is InChI=1S/C20H21FN4O/c1-20(2,12-22)14-8-7-13(11-15(14)21)17-6-4-10-25(17)19(26)18-16(23)5-3-9-24-18/h3,5,7-9,11,17H,4,6,10,23H2,1-2H3/t17-/m1/s1. The Kier molecular flexibility index (Phi) is 4.64. The van der Waals surface area contributed by atoms with Crippen LogP contribution in [0.3, 0.4) is 0 Å². The number of nitrogens with zero attached hydrogens (tertiary/aromatic N) is 3. The summed E-state index contributed by atoms with van der Waals surface area (Å²) < 4.78 is 14.6. The highest BCUT2D eigenvalue weighted by molar-refractivity contribution is 5.97. The number of anilines is 1. The van der Waals surface area contributed by atoms with Crippen LogP contribution in [0.15, 0.2) is 36.5 Å². The lowest BCUT2D eigenvalue weighted by Crippen LogP contribution is -2.32. The maximum atomic E-state index is 14.6. The van der Waals surface area contributed by atoms with Gasteiger partial charge in [-0.1, -0.05) is 12.1 Å². The Morgan fingerprint density at radius 1 is 1.42 bits per heavy atom. The smallest absolute Gasteiger partial charge is 0.275 e. The number of nitrogen functional groups attached to an aromatic ring is 1. The van der Waals surface area contributed by atoms with Gasteiger partial charge in [-0.15, -0.1) is 0 Å². The fourth-order valence-corrected chi connectivity index (χ4v) is 3.39. The van der Waals surface area contributed by atoms with Gasteiger partial charge in [-0.25, -0.2) is 9.37 Å². The topological polar surface area (TPSA) is 83.0 Å². The van der Waals surface area contributed by atoms with Gasteiger partial charge in [0.15, 0.2) is 5.69 Å². The summed E-state index contributed by atoms with van der Waals surface area (Å²) in [4.78, 5) is 18.7. The van der Waals surface area contributed by atoms with Crippen LogP contribution in [0.4, 0.5) is 10.1 Å². The number of benzene rings is 1. The molecule has 1 saturated heterocycles. The third-order valence-electron chi connectivity index (χ3n) is 4.89. The lowest BCUT2D eigenvalue weighted by molar-refractivity contribution is 0.0730. The maximum Gasteiger partial charge on any atom is 0.275 e. The van der Waals surface area contributed by atoms with Crippen LogP contribution in [0, 0.1) is 17.1 Å². The molecule has 0 saturated carbocycles. The highest BCUT2D eigenvalue weighted by atomic mass is 19.1. The zero-order valence-electron chi connectivity index (χ0n) is 14.9. The molecule has 1 amide bonds. The molecule has 1 aromatic carbocycles. The number of nitrogens with two attached hydrogens (primary N) is 1. The second-order valence-corrected chi connectivity index (χ2v) is 7.07. The fraction of sp³-hybridized carbons (Fsp3) is 0.350. The largest absolute Gasteiger partial charge is 0.397 e. The summed E-state index contributed by atoms with van der Waals surface area (Å²) >= 11 is 0. The monoisotopic (exact) mass is 352 g/mol. The second kappa shape index (κ2) is 6.75. The molecular weight excluding hydrogens is 331 g/mol. The Balaban J connectivity index is 1.92. The zero-order valence-corrected chi connectivity index (χ0v) is 14.9. The molecule has 0 aliphatic carbocycles. The molecule has 0 unspecified atom stereocenters. The molecule has 1 fully saturated rings. The molecule has 1 atom stereocenters. The van der Waals surface area contributed by atoms with Crippen molar-refractivity contribution in [3.63, 3.8) is 0 Å². The number of nitriles is 1. The van der Waals surface area contributed by atoms with Crippen molar-refractivity contribution in [3.05, 3.63) is 59.2 Å². The molecular formula is C20H21FN4O. The first-order chi connectivity index (χ1) is 12.3. The van der Waals surface area contributed by atoms with Crippen molar-refractivity contribution in [2.75, 3.05) is 12.3 Å². The van der Waals surface area contributed by atoms with Crippen molar-refractivity contribution in [1.82, 2.24) is 9.88 Å². The van der Waals surface area contributed by atoms with E-state index in [1.807, 2.05) is 0 Å². The van der Waals surface area contributed by atoms with Gasteiger partial charge in [0, 0.05) is 18.3 Å². The van der Waals surface area contributed by atoms with E-state index in [0.717, 1.165) is 18.4 Å². The van der Waals surface area contributed by atoms with Gasteiger partial charge in [-0.3, -0.25) is 4.79 Å². The van der Waals surface area contributed by atoms with Crippen molar-refractivity contribution in [2.24, 2.45) is 0 Å². The molecule has 0 radical (unpaired) electrons. The average Bonchev–Trinajstić information content (AvgIpc) is 3.11. The minimum absolute atomic E-state index is 0.224. The molecule has 1 aliphatic rings. The maximum absolute atomic E-state index is 14.6. The van der Waals surface area contributed by atoms with Crippen molar-refractivity contribution in [1.29, 1.82) is 5.26 Å². The van der Waals surface area contributed by atoms with Crippen LogP contribution in [0.5, 0.6) is 0 Å². The Morgan fingerprint density at radius 3 is 2.85 bits per heavy atom. The summed E-state index contributed by atoms with van der Waals surface area (Å²) in [7, 11) is 0. The highest BCUT2D eigenvalue weighted by Gasteiger charge is 2.33. The number of carbonyl (C=O) groups excluding carboxylic acids is 1. The van der Waals surface area contributed by atoms with Gasteiger partial charge in [-0.05, 0) is 50.5 Å². The number of halogens is 1. The third kappa shape index (κ3) is 3.13. The van der Waals surface area contributed by atoms with Gasteiger partial charge in [0.05, 0.1) is 23.2 Å². The minimum Gasteiger partial charge on any atom is -0.397 e. The van der Waals surface area contributed by atoms with E-state index in [-0.39, 0.29) is 17.6 Å². The first-order valence-corrected chi connectivity index (χ1v) is 8.58. The van der Waals surface area contributed by atoms with Crippen LogP contribution in [0.25, 0.3) is 0 Å². The summed E-state index contributed by atoms with van der Waals surface area (Å²) in [5.74, 6) is -0.668.